The Hall–Kier alpha value is -3.27. The van der Waals surface area contributed by atoms with E-state index in [1.54, 1.807) is 32.9 Å². The van der Waals surface area contributed by atoms with Gasteiger partial charge in [0.2, 0.25) is 0 Å². The molecule has 172 valence electrons. The number of carboxylic acids is 1. The third-order valence-corrected chi connectivity index (χ3v) is 5.22. The van der Waals surface area contributed by atoms with Crippen molar-refractivity contribution in [3.63, 3.8) is 0 Å². The molecule has 1 saturated heterocycles. The van der Waals surface area contributed by atoms with Crippen molar-refractivity contribution < 1.29 is 33.8 Å². The standard InChI is InChI=1S/C22H27N3O7/c1-22(2,3)32-21(31)16-9-6-12-23-25(16)20(30)15(10-11-17(26)27)24-18(28)13-7-4-5-8-14(13)19(24)29/h4-5,7-8,15-16,23H,6,9-12H2,1-3H3,(H,26,27). The quantitative estimate of drug-likeness (QED) is 0.495. The summed E-state index contributed by atoms with van der Waals surface area (Å²) in [5, 5.41) is 10.3. The minimum absolute atomic E-state index is 0.154. The number of rotatable bonds is 6. The van der Waals surface area contributed by atoms with Crippen LogP contribution in [0.25, 0.3) is 0 Å². The Morgan fingerprint density at radius 3 is 2.28 bits per heavy atom. The van der Waals surface area contributed by atoms with Gasteiger partial charge in [0.05, 0.1) is 11.1 Å². The summed E-state index contributed by atoms with van der Waals surface area (Å²) >= 11 is 0. The largest absolute Gasteiger partial charge is 0.481 e. The second-order valence-electron chi connectivity index (χ2n) is 8.78. The molecule has 0 saturated carbocycles. The smallest absolute Gasteiger partial charge is 0.331 e. The average Bonchev–Trinajstić information content (AvgIpc) is 2.98. The Kier molecular flexibility index (Phi) is 6.63. The molecule has 10 heteroatoms. The second-order valence-corrected chi connectivity index (χ2v) is 8.78. The van der Waals surface area contributed by atoms with Crippen LogP contribution in [0.3, 0.4) is 0 Å². The number of hydrazine groups is 1. The number of amides is 3. The Morgan fingerprint density at radius 1 is 1.16 bits per heavy atom. The van der Waals surface area contributed by atoms with Gasteiger partial charge in [0, 0.05) is 13.0 Å². The van der Waals surface area contributed by atoms with Gasteiger partial charge in [-0.15, -0.1) is 0 Å². The first-order valence-electron chi connectivity index (χ1n) is 10.5. The fraction of sp³-hybridized carbons (Fsp3) is 0.500. The molecule has 1 fully saturated rings. The lowest BCUT2D eigenvalue weighted by atomic mass is 10.0. The monoisotopic (exact) mass is 445 g/mol. The minimum atomic E-state index is -1.38. The highest BCUT2D eigenvalue weighted by Gasteiger charge is 2.46. The molecule has 0 bridgehead atoms. The van der Waals surface area contributed by atoms with Crippen LogP contribution in [0.5, 0.6) is 0 Å². The van der Waals surface area contributed by atoms with Gasteiger partial charge in [-0.3, -0.25) is 29.1 Å². The van der Waals surface area contributed by atoms with Crippen LogP contribution >= 0.6 is 0 Å². The third-order valence-electron chi connectivity index (χ3n) is 5.22. The van der Waals surface area contributed by atoms with E-state index >= 15 is 0 Å². The van der Waals surface area contributed by atoms with Crippen molar-refractivity contribution >= 4 is 29.7 Å². The summed E-state index contributed by atoms with van der Waals surface area (Å²) in [5.41, 5.74) is 2.40. The molecule has 1 aromatic rings. The molecule has 3 rings (SSSR count). The molecule has 32 heavy (non-hydrogen) atoms. The van der Waals surface area contributed by atoms with Crippen molar-refractivity contribution in [3.05, 3.63) is 35.4 Å². The van der Waals surface area contributed by atoms with Crippen LogP contribution in [0.4, 0.5) is 0 Å². The van der Waals surface area contributed by atoms with Gasteiger partial charge in [-0.25, -0.2) is 10.2 Å². The highest BCUT2D eigenvalue weighted by atomic mass is 16.6. The normalized spacial score (nSPS) is 19.5. The predicted molar refractivity (Wildman–Crippen MR) is 111 cm³/mol. The Bertz CT molecular complexity index is 918. The van der Waals surface area contributed by atoms with Crippen molar-refractivity contribution in [3.8, 4) is 0 Å². The number of esters is 1. The van der Waals surface area contributed by atoms with E-state index in [-0.39, 0.29) is 17.5 Å². The predicted octanol–water partition coefficient (Wildman–Crippen LogP) is 1.35. The Balaban J connectivity index is 1.92. The lowest BCUT2D eigenvalue weighted by molar-refractivity contribution is -0.170. The third kappa shape index (κ3) is 4.80. The van der Waals surface area contributed by atoms with Crippen LogP contribution in [0.15, 0.2) is 24.3 Å². The van der Waals surface area contributed by atoms with Crippen molar-refractivity contribution in [1.82, 2.24) is 15.3 Å². The number of carbonyl (C=O) groups is 5. The Morgan fingerprint density at radius 2 is 1.75 bits per heavy atom. The number of carboxylic acid groups (broad SMARTS) is 1. The zero-order valence-electron chi connectivity index (χ0n) is 18.3. The minimum Gasteiger partial charge on any atom is -0.481 e. The molecule has 2 unspecified atom stereocenters. The summed E-state index contributed by atoms with van der Waals surface area (Å²) < 4.78 is 5.44. The molecule has 1 aromatic carbocycles. The number of benzene rings is 1. The molecule has 0 aromatic heterocycles. The maximum Gasteiger partial charge on any atom is 0.331 e. The summed E-state index contributed by atoms with van der Waals surface area (Å²) in [6.07, 6.45) is 0.232. The summed E-state index contributed by atoms with van der Waals surface area (Å²) in [5.74, 6) is -3.84. The van der Waals surface area contributed by atoms with Crippen LogP contribution in [-0.2, 0) is 19.1 Å². The van der Waals surface area contributed by atoms with Gasteiger partial charge in [-0.05, 0) is 52.2 Å². The highest BCUT2D eigenvalue weighted by Crippen LogP contribution is 2.28. The lowest BCUT2D eigenvalue weighted by Crippen LogP contribution is -2.62. The first-order chi connectivity index (χ1) is 15.0. The van der Waals surface area contributed by atoms with Crippen LogP contribution in [0.2, 0.25) is 0 Å². The first-order valence-corrected chi connectivity index (χ1v) is 10.5. The van der Waals surface area contributed by atoms with Gasteiger partial charge in [-0.2, -0.15) is 0 Å². The summed E-state index contributed by atoms with van der Waals surface area (Å²) in [6.45, 7) is 5.53. The van der Waals surface area contributed by atoms with Gasteiger partial charge >= 0.3 is 11.9 Å². The number of hydrogen-bond donors (Lipinski definition) is 2. The summed E-state index contributed by atoms with van der Waals surface area (Å²) in [6, 6.07) is 3.83. The molecular formula is C22H27N3O7. The molecule has 0 radical (unpaired) electrons. The number of ether oxygens (including phenoxy) is 1. The Labute approximate surface area is 185 Å². The molecule has 2 N–H and O–H groups in total. The zero-order chi connectivity index (χ0) is 23.6. The van der Waals surface area contributed by atoms with Gasteiger partial charge in [0.15, 0.2) is 0 Å². The molecule has 2 heterocycles. The number of aliphatic carboxylic acids is 1. The van der Waals surface area contributed by atoms with E-state index < -0.39 is 53.8 Å². The number of fused-ring (bicyclic) bond motifs is 1. The molecule has 2 atom stereocenters. The maximum atomic E-state index is 13.5. The fourth-order valence-electron chi connectivity index (χ4n) is 3.83. The van der Waals surface area contributed by atoms with Crippen LogP contribution in [-0.4, -0.2) is 68.9 Å². The van der Waals surface area contributed by atoms with E-state index in [2.05, 4.69) is 5.43 Å². The van der Waals surface area contributed by atoms with Gasteiger partial charge in [0.1, 0.15) is 17.7 Å². The molecule has 10 nitrogen and oxygen atoms in total. The lowest BCUT2D eigenvalue weighted by Gasteiger charge is -2.39. The van der Waals surface area contributed by atoms with Crippen molar-refractivity contribution in [2.24, 2.45) is 0 Å². The summed E-state index contributed by atoms with van der Waals surface area (Å²) in [7, 11) is 0. The van der Waals surface area contributed by atoms with Crippen LogP contribution in [0.1, 0.15) is 67.2 Å². The number of nitrogens with zero attached hydrogens (tertiary/aromatic N) is 2. The highest BCUT2D eigenvalue weighted by molar-refractivity contribution is 6.22. The number of carbonyl (C=O) groups excluding carboxylic acids is 4. The second kappa shape index (κ2) is 9.07. The van der Waals surface area contributed by atoms with Crippen molar-refractivity contribution in [2.75, 3.05) is 6.54 Å². The van der Waals surface area contributed by atoms with Gasteiger partial charge in [-0.1, -0.05) is 12.1 Å². The number of hydrogen-bond acceptors (Lipinski definition) is 7. The van der Waals surface area contributed by atoms with E-state index in [4.69, 9.17) is 9.84 Å². The van der Waals surface area contributed by atoms with E-state index in [9.17, 15) is 24.0 Å². The number of imide groups is 1. The van der Waals surface area contributed by atoms with Gasteiger partial charge in [0.25, 0.3) is 17.7 Å². The van der Waals surface area contributed by atoms with E-state index in [0.717, 1.165) is 9.91 Å². The van der Waals surface area contributed by atoms with Crippen molar-refractivity contribution in [1.29, 1.82) is 0 Å². The molecular weight excluding hydrogens is 418 g/mol. The zero-order valence-corrected chi connectivity index (χ0v) is 18.3. The topological polar surface area (TPSA) is 133 Å². The first kappa shape index (κ1) is 23.4. The van der Waals surface area contributed by atoms with Crippen LogP contribution < -0.4 is 5.43 Å². The van der Waals surface area contributed by atoms with E-state index in [1.807, 2.05) is 0 Å². The van der Waals surface area contributed by atoms with E-state index in [0.29, 0.717) is 19.4 Å². The van der Waals surface area contributed by atoms with E-state index in [1.165, 1.54) is 12.1 Å². The fourth-order valence-corrected chi connectivity index (χ4v) is 3.83. The van der Waals surface area contributed by atoms with Crippen molar-refractivity contribution in [2.45, 2.75) is 64.1 Å². The molecule has 3 amide bonds. The molecule has 0 spiro atoms. The molecule has 2 aliphatic rings. The molecule has 0 aliphatic carbocycles. The maximum absolute atomic E-state index is 13.5. The SMILES string of the molecule is CC(C)(C)OC(=O)C1CCCNN1C(=O)C(CCC(=O)O)N1C(=O)c2ccccc2C1=O. The molecule has 2 aliphatic heterocycles. The summed E-state index contributed by atoms with van der Waals surface area (Å²) in [4.78, 5) is 64.2. The number of nitrogens with one attached hydrogen (secondary N) is 1. The van der Waals surface area contributed by atoms with Crippen LogP contribution in [0, 0.1) is 0 Å². The van der Waals surface area contributed by atoms with Gasteiger partial charge < -0.3 is 9.84 Å². The average molecular weight is 445 g/mol.